The molecule has 1 aromatic carbocycles. The molecule has 0 bridgehead atoms. The van der Waals surface area contributed by atoms with Crippen LogP contribution in [0.25, 0.3) is 10.9 Å². The van der Waals surface area contributed by atoms with E-state index in [1.165, 1.54) is 23.7 Å². The number of fused-ring (bicyclic) bond motifs is 1. The molecule has 1 amide bonds. The molecule has 1 atom stereocenters. The van der Waals surface area contributed by atoms with Gasteiger partial charge in [0.1, 0.15) is 6.54 Å². The molecule has 0 unspecified atom stereocenters. The van der Waals surface area contributed by atoms with Gasteiger partial charge in [0.15, 0.2) is 0 Å². The van der Waals surface area contributed by atoms with Crippen molar-refractivity contribution in [3.8, 4) is 0 Å². The Labute approximate surface area is 141 Å². The van der Waals surface area contributed by atoms with Crippen molar-refractivity contribution in [1.82, 2.24) is 19.8 Å². The Kier molecular flexibility index (Phi) is 5.25. The lowest BCUT2D eigenvalue weighted by atomic mass is 10.0. The van der Waals surface area contributed by atoms with Gasteiger partial charge in [0.05, 0.1) is 17.2 Å². The molecule has 1 saturated heterocycles. The number of nitrogens with zero attached hydrogens (tertiary/aromatic N) is 3. The fourth-order valence-electron chi connectivity index (χ4n) is 3.27. The molecule has 128 valence electrons. The van der Waals surface area contributed by atoms with Crippen LogP contribution in [0, 0.1) is 5.92 Å². The third kappa shape index (κ3) is 4.00. The van der Waals surface area contributed by atoms with Crippen molar-refractivity contribution in [2.24, 2.45) is 5.92 Å². The second-order valence-electron chi connectivity index (χ2n) is 6.59. The lowest BCUT2D eigenvalue weighted by Crippen LogP contribution is -2.41. The Balaban J connectivity index is 1.53. The van der Waals surface area contributed by atoms with Gasteiger partial charge in [-0.05, 0) is 37.4 Å². The van der Waals surface area contributed by atoms with Crippen LogP contribution in [-0.2, 0) is 11.3 Å². The van der Waals surface area contributed by atoms with Crippen molar-refractivity contribution in [1.29, 1.82) is 0 Å². The molecule has 1 aromatic heterocycles. The maximum absolute atomic E-state index is 12.4. The normalized spacial score (nSPS) is 18.6. The number of benzene rings is 1. The molecule has 0 radical (unpaired) electrons. The number of para-hydroxylation sites is 1. The van der Waals surface area contributed by atoms with Crippen molar-refractivity contribution in [3.05, 3.63) is 40.9 Å². The first-order chi connectivity index (χ1) is 11.6. The van der Waals surface area contributed by atoms with Crippen molar-refractivity contribution in [2.45, 2.75) is 26.3 Å². The van der Waals surface area contributed by atoms with Crippen LogP contribution in [0.2, 0.25) is 0 Å². The number of nitrogens with one attached hydrogen (secondary N) is 1. The van der Waals surface area contributed by atoms with Gasteiger partial charge < -0.3 is 10.2 Å². The van der Waals surface area contributed by atoms with Crippen molar-refractivity contribution in [2.75, 3.05) is 26.2 Å². The zero-order valence-electron chi connectivity index (χ0n) is 14.1. The van der Waals surface area contributed by atoms with E-state index in [1.807, 2.05) is 6.07 Å². The van der Waals surface area contributed by atoms with Gasteiger partial charge in [0.25, 0.3) is 5.56 Å². The highest BCUT2D eigenvalue weighted by Gasteiger charge is 2.16. The summed E-state index contributed by atoms with van der Waals surface area (Å²) in [6, 6.07) is 7.17. The SMILES string of the molecule is C[C@@H]1CCCN(CCNC(=O)Cn2cnc3ccccc3c2=O)C1. The first kappa shape index (κ1) is 16.6. The van der Waals surface area contributed by atoms with Crippen molar-refractivity contribution in [3.63, 3.8) is 0 Å². The molecular weight excluding hydrogens is 304 g/mol. The minimum atomic E-state index is -0.180. The predicted octanol–water partition coefficient (Wildman–Crippen LogP) is 1.24. The van der Waals surface area contributed by atoms with Crippen LogP contribution < -0.4 is 10.9 Å². The number of carbonyl (C=O) groups is 1. The van der Waals surface area contributed by atoms with Crippen molar-refractivity contribution < 1.29 is 4.79 Å². The molecule has 1 fully saturated rings. The largest absolute Gasteiger partial charge is 0.353 e. The molecule has 2 heterocycles. The maximum Gasteiger partial charge on any atom is 0.261 e. The van der Waals surface area contributed by atoms with Crippen LogP contribution in [0.5, 0.6) is 0 Å². The van der Waals surface area contributed by atoms with E-state index in [9.17, 15) is 9.59 Å². The molecule has 6 heteroatoms. The van der Waals surface area contributed by atoms with Gasteiger partial charge in [-0.15, -0.1) is 0 Å². The summed E-state index contributed by atoms with van der Waals surface area (Å²) in [4.78, 5) is 31.1. The fraction of sp³-hybridized carbons (Fsp3) is 0.500. The minimum absolute atomic E-state index is 0.00701. The Hall–Kier alpha value is -2.21. The quantitative estimate of drug-likeness (QED) is 0.897. The van der Waals surface area contributed by atoms with E-state index in [2.05, 4.69) is 22.1 Å². The van der Waals surface area contributed by atoms with Crippen LogP contribution in [-0.4, -0.2) is 46.5 Å². The molecule has 0 saturated carbocycles. The smallest absolute Gasteiger partial charge is 0.261 e. The molecule has 6 nitrogen and oxygen atoms in total. The summed E-state index contributed by atoms with van der Waals surface area (Å²) in [5.41, 5.74) is 0.471. The van der Waals surface area contributed by atoms with Gasteiger partial charge >= 0.3 is 0 Å². The van der Waals surface area contributed by atoms with E-state index in [-0.39, 0.29) is 18.0 Å². The summed E-state index contributed by atoms with van der Waals surface area (Å²) in [5, 5.41) is 3.44. The molecule has 3 rings (SSSR count). The fourth-order valence-corrected chi connectivity index (χ4v) is 3.27. The molecule has 1 aliphatic rings. The third-order valence-electron chi connectivity index (χ3n) is 4.54. The second-order valence-corrected chi connectivity index (χ2v) is 6.59. The number of piperidine rings is 1. The first-order valence-electron chi connectivity index (χ1n) is 8.57. The van der Waals surface area contributed by atoms with E-state index in [0.29, 0.717) is 17.4 Å². The number of aromatic nitrogens is 2. The van der Waals surface area contributed by atoms with E-state index < -0.39 is 0 Å². The topological polar surface area (TPSA) is 67.2 Å². The molecule has 1 aliphatic heterocycles. The summed E-state index contributed by atoms with van der Waals surface area (Å²) in [6.45, 7) is 5.96. The first-order valence-corrected chi connectivity index (χ1v) is 8.57. The van der Waals surface area contributed by atoms with Gasteiger partial charge in [0, 0.05) is 19.6 Å². The van der Waals surface area contributed by atoms with Gasteiger partial charge in [-0.1, -0.05) is 19.1 Å². The summed E-state index contributed by atoms with van der Waals surface area (Å²) in [7, 11) is 0. The summed E-state index contributed by atoms with van der Waals surface area (Å²) in [6.07, 6.45) is 3.96. The average Bonchev–Trinajstić information content (AvgIpc) is 2.58. The predicted molar refractivity (Wildman–Crippen MR) is 93.9 cm³/mol. The van der Waals surface area contributed by atoms with E-state index in [4.69, 9.17) is 0 Å². The average molecular weight is 328 g/mol. The van der Waals surface area contributed by atoms with Gasteiger partial charge in [-0.25, -0.2) is 4.98 Å². The second kappa shape index (κ2) is 7.57. The van der Waals surface area contributed by atoms with Crippen LogP contribution >= 0.6 is 0 Å². The monoisotopic (exact) mass is 328 g/mol. The number of hydrogen-bond acceptors (Lipinski definition) is 4. The number of amides is 1. The lowest BCUT2D eigenvalue weighted by Gasteiger charge is -2.30. The molecule has 0 spiro atoms. The Morgan fingerprint density at radius 1 is 1.38 bits per heavy atom. The standard InChI is InChI=1S/C18H24N4O2/c1-14-5-4-9-21(11-14)10-8-19-17(23)12-22-13-20-16-7-3-2-6-15(16)18(22)24/h2-3,6-7,13-14H,4-5,8-12H2,1H3,(H,19,23)/t14-/m1/s1. The number of likely N-dealkylation sites (tertiary alicyclic amines) is 1. The van der Waals surface area contributed by atoms with Gasteiger partial charge in [-0.3, -0.25) is 14.2 Å². The van der Waals surface area contributed by atoms with Crippen molar-refractivity contribution >= 4 is 16.8 Å². The third-order valence-corrected chi connectivity index (χ3v) is 4.54. The molecule has 0 aliphatic carbocycles. The number of rotatable bonds is 5. The Bertz CT molecular complexity index is 771. The summed E-state index contributed by atoms with van der Waals surface area (Å²) >= 11 is 0. The Morgan fingerprint density at radius 2 is 2.21 bits per heavy atom. The van der Waals surface area contributed by atoms with E-state index >= 15 is 0 Å². The number of hydrogen-bond donors (Lipinski definition) is 1. The summed E-state index contributed by atoms with van der Waals surface area (Å²) < 4.78 is 1.36. The Morgan fingerprint density at radius 3 is 3.04 bits per heavy atom. The van der Waals surface area contributed by atoms with Gasteiger partial charge in [-0.2, -0.15) is 0 Å². The van der Waals surface area contributed by atoms with Gasteiger partial charge in [0.2, 0.25) is 5.91 Å². The van der Waals surface area contributed by atoms with Crippen LogP contribution in [0.4, 0.5) is 0 Å². The van der Waals surface area contributed by atoms with Crippen LogP contribution in [0.3, 0.4) is 0 Å². The molecule has 2 aromatic rings. The van der Waals surface area contributed by atoms with E-state index in [1.54, 1.807) is 18.2 Å². The van der Waals surface area contributed by atoms with E-state index in [0.717, 1.165) is 25.6 Å². The minimum Gasteiger partial charge on any atom is -0.353 e. The number of carbonyl (C=O) groups excluding carboxylic acids is 1. The molecule has 1 N–H and O–H groups in total. The molecule has 24 heavy (non-hydrogen) atoms. The highest BCUT2D eigenvalue weighted by molar-refractivity contribution is 5.78. The highest BCUT2D eigenvalue weighted by atomic mass is 16.2. The highest BCUT2D eigenvalue weighted by Crippen LogP contribution is 2.14. The van der Waals surface area contributed by atoms with Crippen LogP contribution in [0.1, 0.15) is 19.8 Å². The summed E-state index contributed by atoms with van der Waals surface area (Å²) in [5.74, 6) is 0.580. The maximum atomic E-state index is 12.4. The lowest BCUT2D eigenvalue weighted by molar-refractivity contribution is -0.121. The zero-order valence-corrected chi connectivity index (χ0v) is 14.1. The molecular formula is C18H24N4O2. The van der Waals surface area contributed by atoms with Crippen LogP contribution in [0.15, 0.2) is 35.4 Å². The zero-order chi connectivity index (χ0) is 16.9.